The molecule has 0 fully saturated rings. The molecule has 0 heterocycles. The van der Waals surface area contributed by atoms with Crippen molar-refractivity contribution in [2.45, 2.75) is 20.8 Å². The predicted octanol–water partition coefficient (Wildman–Crippen LogP) is 4.75. The summed E-state index contributed by atoms with van der Waals surface area (Å²) in [6.07, 6.45) is 5.84. The summed E-state index contributed by atoms with van der Waals surface area (Å²) in [5, 5.41) is 0. The molecule has 0 aromatic heterocycles. The molecule has 15 heavy (non-hydrogen) atoms. The van der Waals surface area contributed by atoms with Crippen LogP contribution in [0.2, 0.25) is 0 Å². The summed E-state index contributed by atoms with van der Waals surface area (Å²) in [5.74, 6) is 0. The fourth-order valence-corrected chi connectivity index (χ4v) is 0.827. The summed E-state index contributed by atoms with van der Waals surface area (Å²) in [7, 11) is 0. The monoisotopic (exact) mass is 200 g/mol. The second kappa shape index (κ2) is 6.02. The molecule has 0 spiro atoms. The van der Waals surface area contributed by atoms with Gasteiger partial charge in [-0.2, -0.15) is 0 Å². The lowest BCUT2D eigenvalue weighted by Crippen LogP contribution is -1.83. The maximum Gasteiger partial charge on any atom is -0.0259 e. The molecule has 0 aliphatic heterocycles. The van der Waals surface area contributed by atoms with Gasteiger partial charge in [0, 0.05) is 0 Å². The van der Waals surface area contributed by atoms with E-state index in [0.29, 0.717) is 0 Å². The van der Waals surface area contributed by atoms with Gasteiger partial charge in [-0.1, -0.05) is 55.7 Å². The Morgan fingerprint density at radius 3 is 1.73 bits per heavy atom. The first-order chi connectivity index (χ1) is 6.84. The molecule has 0 heteroatoms. The lowest BCUT2D eigenvalue weighted by atomic mass is 10.0. The van der Waals surface area contributed by atoms with Crippen molar-refractivity contribution in [2.75, 3.05) is 0 Å². The van der Waals surface area contributed by atoms with Crippen molar-refractivity contribution in [2.24, 2.45) is 0 Å². The summed E-state index contributed by atoms with van der Waals surface area (Å²) in [5.41, 5.74) is 4.99. The van der Waals surface area contributed by atoms with Crippen molar-refractivity contribution in [3.05, 3.63) is 72.4 Å². The number of allylic oxidation sites excluding steroid dienone is 8. The number of hydrogen-bond acceptors (Lipinski definition) is 0. The van der Waals surface area contributed by atoms with Gasteiger partial charge in [-0.15, -0.1) is 0 Å². The van der Waals surface area contributed by atoms with Crippen molar-refractivity contribution in [1.29, 1.82) is 0 Å². The Balaban J connectivity index is 4.61. The molecular weight excluding hydrogens is 180 g/mol. The first-order valence-corrected chi connectivity index (χ1v) is 4.90. The van der Waals surface area contributed by atoms with E-state index in [0.717, 1.165) is 27.9 Å². The Kier molecular flexibility index (Phi) is 5.40. The number of hydrogen-bond donors (Lipinski definition) is 0. The zero-order valence-electron chi connectivity index (χ0n) is 10.1. The van der Waals surface area contributed by atoms with Crippen LogP contribution in [0, 0.1) is 0 Å². The highest BCUT2D eigenvalue weighted by Gasteiger charge is 1.95. The average Bonchev–Trinajstić information content (AvgIpc) is 2.13. The molecule has 0 saturated carbocycles. The minimum atomic E-state index is 0.901. The zero-order chi connectivity index (χ0) is 12.0. The lowest BCUT2D eigenvalue weighted by molar-refractivity contribution is 1.35. The fraction of sp³-hybridized carbons (Fsp3) is 0.200. The van der Waals surface area contributed by atoms with Crippen molar-refractivity contribution in [1.82, 2.24) is 0 Å². The maximum atomic E-state index is 3.96. The van der Waals surface area contributed by atoms with Gasteiger partial charge in [-0.3, -0.25) is 0 Å². The Morgan fingerprint density at radius 2 is 1.33 bits per heavy atom. The topological polar surface area (TPSA) is 0 Å². The molecule has 0 aromatic rings. The molecule has 0 radical (unpaired) electrons. The third-order valence-corrected chi connectivity index (χ3v) is 2.05. The Labute approximate surface area is 93.7 Å². The summed E-state index contributed by atoms with van der Waals surface area (Å²) in [6.45, 7) is 21.5. The third kappa shape index (κ3) is 5.69. The lowest BCUT2D eigenvalue weighted by Gasteiger charge is -2.03. The summed E-state index contributed by atoms with van der Waals surface area (Å²) < 4.78 is 0. The molecule has 0 aliphatic carbocycles. The molecule has 0 rings (SSSR count). The molecule has 0 unspecified atom stereocenters. The van der Waals surface area contributed by atoms with Crippen LogP contribution in [0.1, 0.15) is 20.8 Å². The molecule has 0 amide bonds. The van der Waals surface area contributed by atoms with Gasteiger partial charge >= 0.3 is 0 Å². The Hall–Kier alpha value is -1.56. The van der Waals surface area contributed by atoms with Crippen molar-refractivity contribution in [3.8, 4) is 0 Å². The molecule has 80 valence electrons. The van der Waals surface area contributed by atoms with Crippen molar-refractivity contribution >= 4 is 0 Å². The maximum absolute atomic E-state index is 3.96. The van der Waals surface area contributed by atoms with Gasteiger partial charge in [-0.25, -0.2) is 0 Å². The van der Waals surface area contributed by atoms with E-state index in [2.05, 4.69) is 26.3 Å². The van der Waals surface area contributed by atoms with Crippen LogP contribution in [-0.4, -0.2) is 0 Å². The van der Waals surface area contributed by atoms with Crippen LogP contribution in [0.5, 0.6) is 0 Å². The standard InChI is InChI=1S/C15H20/c1-11(2)8-9-13(5)15(7)10-14(6)12(3)4/h8-10H,1,3,5,7H2,2,4,6H3/b9-8-,14-10-. The Morgan fingerprint density at radius 1 is 0.800 bits per heavy atom. The SMILES string of the molecule is C=C(C)/C=C\C(=C)C(=C)/C=C(/C)C(=C)C. The highest BCUT2D eigenvalue weighted by atomic mass is 14.0. The van der Waals surface area contributed by atoms with E-state index in [1.807, 2.05) is 39.0 Å². The van der Waals surface area contributed by atoms with Crippen LogP contribution < -0.4 is 0 Å². The first-order valence-electron chi connectivity index (χ1n) is 4.90. The molecule has 0 atom stereocenters. The smallest absolute Gasteiger partial charge is 0.0259 e. The van der Waals surface area contributed by atoms with Gasteiger partial charge in [-0.05, 0) is 37.5 Å². The molecule has 0 aliphatic rings. The largest absolute Gasteiger partial charge is 0.0961 e. The normalized spacial score (nSPS) is 11.5. The van der Waals surface area contributed by atoms with Gasteiger partial charge in [0.15, 0.2) is 0 Å². The van der Waals surface area contributed by atoms with E-state index in [4.69, 9.17) is 0 Å². The van der Waals surface area contributed by atoms with Crippen LogP contribution in [0.4, 0.5) is 0 Å². The highest BCUT2D eigenvalue weighted by molar-refractivity contribution is 5.47. The molecule has 0 N–H and O–H groups in total. The van der Waals surface area contributed by atoms with E-state index in [-0.39, 0.29) is 0 Å². The van der Waals surface area contributed by atoms with E-state index in [1.54, 1.807) is 0 Å². The van der Waals surface area contributed by atoms with Gasteiger partial charge in [0.1, 0.15) is 0 Å². The minimum Gasteiger partial charge on any atom is -0.0961 e. The van der Waals surface area contributed by atoms with E-state index in [1.165, 1.54) is 0 Å². The quantitative estimate of drug-likeness (QED) is 0.562. The molecule has 0 bridgehead atoms. The molecular formula is C15H20. The van der Waals surface area contributed by atoms with E-state index in [9.17, 15) is 0 Å². The highest BCUT2D eigenvalue weighted by Crippen LogP contribution is 2.15. The summed E-state index contributed by atoms with van der Waals surface area (Å²) >= 11 is 0. The predicted molar refractivity (Wildman–Crippen MR) is 70.8 cm³/mol. The van der Waals surface area contributed by atoms with Crippen LogP contribution in [0.15, 0.2) is 72.4 Å². The van der Waals surface area contributed by atoms with Crippen LogP contribution in [0.25, 0.3) is 0 Å². The fourth-order valence-electron chi connectivity index (χ4n) is 0.827. The summed E-state index contributed by atoms with van der Waals surface area (Å²) in [6, 6.07) is 0. The summed E-state index contributed by atoms with van der Waals surface area (Å²) in [4.78, 5) is 0. The number of rotatable bonds is 5. The second-order valence-electron chi connectivity index (χ2n) is 3.84. The third-order valence-electron chi connectivity index (χ3n) is 2.05. The average molecular weight is 200 g/mol. The van der Waals surface area contributed by atoms with Gasteiger partial charge in [0.05, 0.1) is 0 Å². The van der Waals surface area contributed by atoms with E-state index >= 15 is 0 Å². The first kappa shape index (κ1) is 13.4. The van der Waals surface area contributed by atoms with Gasteiger partial charge in [0.2, 0.25) is 0 Å². The van der Waals surface area contributed by atoms with Crippen LogP contribution in [0.3, 0.4) is 0 Å². The second-order valence-corrected chi connectivity index (χ2v) is 3.84. The zero-order valence-corrected chi connectivity index (χ0v) is 10.1. The van der Waals surface area contributed by atoms with E-state index < -0.39 is 0 Å². The van der Waals surface area contributed by atoms with Gasteiger partial charge in [0.25, 0.3) is 0 Å². The van der Waals surface area contributed by atoms with Crippen molar-refractivity contribution < 1.29 is 0 Å². The molecule has 0 saturated heterocycles. The van der Waals surface area contributed by atoms with Crippen LogP contribution >= 0.6 is 0 Å². The minimum absolute atomic E-state index is 0.901. The van der Waals surface area contributed by atoms with Crippen molar-refractivity contribution in [3.63, 3.8) is 0 Å². The molecule has 0 nitrogen and oxygen atoms in total. The molecule has 0 aromatic carbocycles. The van der Waals surface area contributed by atoms with Gasteiger partial charge < -0.3 is 0 Å². The Bertz CT molecular complexity index is 359. The van der Waals surface area contributed by atoms with Crippen LogP contribution in [-0.2, 0) is 0 Å².